The van der Waals surface area contributed by atoms with Gasteiger partial charge in [-0.15, -0.1) is 0 Å². The standard InChI is InChI=1S/C22H28N6O2S/c1-15-14-30-11-10-27(15)21-13-18(20-9-6-12-31(20,29)23-3)25-22(26-21)28-16(2)24-17-7-4-5-8-19(17)28/h4-5,7-8,13,15,20H,6,9-12,14H2,1-3H3/t15-,20?,31?/m1/s1. The zero-order chi connectivity index (χ0) is 21.6. The monoisotopic (exact) mass is 440 g/mol. The van der Waals surface area contributed by atoms with Crippen molar-refractivity contribution in [2.45, 2.75) is 38.0 Å². The summed E-state index contributed by atoms with van der Waals surface area (Å²) in [5.74, 6) is 2.87. The van der Waals surface area contributed by atoms with Gasteiger partial charge in [0.05, 0.1) is 51.0 Å². The summed E-state index contributed by atoms with van der Waals surface area (Å²) >= 11 is 0. The molecule has 2 unspecified atom stereocenters. The first-order valence-corrected chi connectivity index (χ1v) is 12.5. The van der Waals surface area contributed by atoms with E-state index in [1.165, 1.54) is 0 Å². The van der Waals surface area contributed by atoms with E-state index in [2.05, 4.69) is 16.2 Å². The molecule has 0 saturated carbocycles. The third kappa shape index (κ3) is 3.49. The molecule has 9 heteroatoms. The van der Waals surface area contributed by atoms with Gasteiger partial charge in [0.1, 0.15) is 11.6 Å². The van der Waals surface area contributed by atoms with E-state index < -0.39 is 9.73 Å². The van der Waals surface area contributed by atoms with E-state index in [0.29, 0.717) is 24.9 Å². The molecular formula is C22H28N6O2S. The first-order valence-electron chi connectivity index (χ1n) is 10.8. The Morgan fingerprint density at radius 2 is 2.06 bits per heavy atom. The summed E-state index contributed by atoms with van der Waals surface area (Å²) < 4.78 is 25.4. The van der Waals surface area contributed by atoms with Gasteiger partial charge < -0.3 is 9.64 Å². The van der Waals surface area contributed by atoms with Gasteiger partial charge in [-0.1, -0.05) is 12.1 Å². The van der Waals surface area contributed by atoms with Gasteiger partial charge in [0, 0.05) is 25.4 Å². The SMILES string of the molecule is CN=S1(=O)CCCC1c1cc(N2CCOC[C@H]2C)nc(-n2c(C)nc3ccccc32)n1. The van der Waals surface area contributed by atoms with E-state index in [1.807, 2.05) is 41.8 Å². The first kappa shape index (κ1) is 20.4. The van der Waals surface area contributed by atoms with Gasteiger partial charge in [-0.3, -0.25) is 4.57 Å². The summed E-state index contributed by atoms with van der Waals surface area (Å²) in [6.45, 7) is 6.19. The van der Waals surface area contributed by atoms with Gasteiger partial charge in [-0.05, 0) is 38.8 Å². The molecule has 0 spiro atoms. The van der Waals surface area contributed by atoms with Crippen molar-refractivity contribution in [2.24, 2.45) is 4.36 Å². The molecule has 3 aromatic rings. The number of anilines is 1. The quantitative estimate of drug-likeness (QED) is 0.621. The zero-order valence-electron chi connectivity index (χ0n) is 18.2. The molecule has 5 rings (SSSR count). The average molecular weight is 441 g/mol. The van der Waals surface area contributed by atoms with Crippen molar-refractivity contribution in [1.29, 1.82) is 0 Å². The van der Waals surface area contributed by atoms with E-state index in [4.69, 9.17) is 19.7 Å². The minimum absolute atomic E-state index is 0.176. The molecule has 0 amide bonds. The number of para-hydroxylation sites is 2. The van der Waals surface area contributed by atoms with Crippen molar-refractivity contribution in [1.82, 2.24) is 19.5 Å². The molecule has 2 aliphatic heterocycles. The largest absolute Gasteiger partial charge is 0.377 e. The second-order valence-electron chi connectivity index (χ2n) is 8.26. The van der Waals surface area contributed by atoms with Crippen molar-refractivity contribution in [3.05, 3.63) is 41.9 Å². The fourth-order valence-corrected chi connectivity index (χ4v) is 7.01. The predicted octanol–water partition coefficient (Wildman–Crippen LogP) is 3.28. The maximum atomic E-state index is 13.4. The van der Waals surface area contributed by atoms with E-state index in [9.17, 15) is 4.21 Å². The third-order valence-corrected chi connectivity index (χ3v) is 9.16. The molecule has 0 bridgehead atoms. The minimum Gasteiger partial charge on any atom is -0.377 e. The van der Waals surface area contributed by atoms with Crippen LogP contribution in [0, 0.1) is 6.92 Å². The van der Waals surface area contributed by atoms with E-state index >= 15 is 0 Å². The van der Waals surface area contributed by atoms with Crippen molar-refractivity contribution < 1.29 is 8.95 Å². The van der Waals surface area contributed by atoms with Crippen LogP contribution in [-0.4, -0.2) is 62.3 Å². The summed E-state index contributed by atoms with van der Waals surface area (Å²) in [4.78, 5) is 16.9. The number of morpholine rings is 1. The molecule has 31 heavy (non-hydrogen) atoms. The molecule has 3 atom stereocenters. The van der Waals surface area contributed by atoms with Gasteiger partial charge >= 0.3 is 0 Å². The Hall–Kier alpha value is -2.52. The maximum Gasteiger partial charge on any atom is 0.237 e. The number of aryl methyl sites for hydroxylation is 1. The van der Waals surface area contributed by atoms with Crippen molar-refractivity contribution in [2.75, 3.05) is 37.5 Å². The van der Waals surface area contributed by atoms with Crippen LogP contribution in [0.5, 0.6) is 0 Å². The highest BCUT2D eigenvalue weighted by molar-refractivity contribution is 7.94. The van der Waals surface area contributed by atoms with Crippen LogP contribution >= 0.6 is 0 Å². The molecule has 2 aromatic heterocycles. The first-order chi connectivity index (χ1) is 15.0. The van der Waals surface area contributed by atoms with Crippen LogP contribution in [0.4, 0.5) is 5.82 Å². The molecule has 2 saturated heterocycles. The van der Waals surface area contributed by atoms with Crippen molar-refractivity contribution in [3.63, 3.8) is 0 Å². The van der Waals surface area contributed by atoms with Gasteiger partial charge in [-0.2, -0.15) is 4.98 Å². The van der Waals surface area contributed by atoms with Crippen LogP contribution in [0.3, 0.4) is 0 Å². The van der Waals surface area contributed by atoms with E-state index in [0.717, 1.165) is 47.8 Å². The summed E-state index contributed by atoms with van der Waals surface area (Å²) in [7, 11) is -0.650. The number of fused-ring (bicyclic) bond motifs is 1. The lowest BCUT2D eigenvalue weighted by atomic mass is 10.2. The normalized spacial score (nSPS) is 26.5. The lowest BCUT2D eigenvalue weighted by Gasteiger charge is -2.34. The van der Waals surface area contributed by atoms with Gasteiger partial charge in [0.15, 0.2) is 0 Å². The van der Waals surface area contributed by atoms with E-state index in [-0.39, 0.29) is 11.3 Å². The Morgan fingerprint density at radius 3 is 2.87 bits per heavy atom. The van der Waals surface area contributed by atoms with Crippen LogP contribution in [0.15, 0.2) is 34.7 Å². The number of hydrogen-bond donors (Lipinski definition) is 0. The fourth-order valence-electron chi connectivity index (χ4n) is 4.68. The average Bonchev–Trinajstić information content (AvgIpc) is 3.33. The molecule has 0 N–H and O–H groups in total. The molecule has 0 aliphatic carbocycles. The van der Waals surface area contributed by atoms with Crippen LogP contribution < -0.4 is 4.90 Å². The third-order valence-electron chi connectivity index (χ3n) is 6.30. The second-order valence-corrected chi connectivity index (χ2v) is 11.0. The van der Waals surface area contributed by atoms with Gasteiger partial charge in [-0.25, -0.2) is 18.5 Å². The number of ether oxygens (including phenoxy) is 1. The summed E-state index contributed by atoms with van der Waals surface area (Å²) in [5.41, 5.74) is 2.68. The molecule has 4 heterocycles. The Kier molecular flexibility index (Phi) is 5.18. The van der Waals surface area contributed by atoms with Crippen LogP contribution in [-0.2, 0) is 14.5 Å². The highest BCUT2D eigenvalue weighted by atomic mass is 32.2. The van der Waals surface area contributed by atoms with Crippen LogP contribution in [0.25, 0.3) is 17.0 Å². The predicted molar refractivity (Wildman–Crippen MR) is 122 cm³/mol. The lowest BCUT2D eigenvalue weighted by molar-refractivity contribution is 0.0985. The lowest BCUT2D eigenvalue weighted by Crippen LogP contribution is -2.44. The number of nitrogens with zero attached hydrogens (tertiary/aromatic N) is 6. The number of rotatable bonds is 3. The molecule has 2 fully saturated rings. The number of aromatic nitrogens is 4. The molecule has 8 nitrogen and oxygen atoms in total. The molecule has 0 radical (unpaired) electrons. The zero-order valence-corrected chi connectivity index (χ0v) is 19.0. The van der Waals surface area contributed by atoms with Crippen molar-refractivity contribution in [3.8, 4) is 5.95 Å². The smallest absolute Gasteiger partial charge is 0.237 e. The number of benzene rings is 1. The van der Waals surface area contributed by atoms with E-state index in [1.54, 1.807) is 7.05 Å². The van der Waals surface area contributed by atoms with Crippen LogP contribution in [0.1, 0.15) is 36.5 Å². The summed E-state index contributed by atoms with van der Waals surface area (Å²) in [6.07, 6.45) is 1.73. The Bertz CT molecular complexity index is 1250. The number of hydrogen-bond acceptors (Lipinski definition) is 7. The topological polar surface area (TPSA) is 85.5 Å². The van der Waals surface area contributed by atoms with Gasteiger partial charge in [0.2, 0.25) is 5.95 Å². The maximum absolute atomic E-state index is 13.4. The highest BCUT2D eigenvalue weighted by Crippen LogP contribution is 2.37. The summed E-state index contributed by atoms with van der Waals surface area (Å²) in [6, 6.07) is 10.2. The fraction of sp³-hybridized carbons (Fsp3) is 0.500. The molecule has 2 aliphatic rings. The minimum atomic E-state index is -2.32. The van der Waals surface area contributed by atoms with Crippen molar-refractivity contribution >= 4 is 26.6 Å². The summed E-state index contributed by atoms with van der Waals surface area (Å²) in [5, 5.41) is -0.176. The molecule has 1 aromatic carbocycles. The molecular weight excluding hydrogens is 412 g/mol. The second kappa shape index (κ2) is 7.87. The number of imidazole rings is 1. The highest BCUT2D eigenvalue weighted by Gasteiger charge is 2.33. The molecule has 164 valence electrons. The Balaban J connectivity index is 1.72. The Labute approximate surface area is 182 Å². The van der Waals surface area contributed by atoms with Crippen LogP contribution in [0.2, 0.25) is 0 Å². The van der Waals surface area contributed by atoms with Gasteiger partial charge in [0.25, 0.3) is 0 Å². The Morgan fingerprint density at radius 1 is 1.23 bits per heavy atom.